The molecule has 9 heteroatoms. The van der Waals surface area contributed by atoms with Crippen molar-refractivity contribution in [2.75, 3.05) is 16.9 Å². The number of halogens is 3. The van der Waals surface area contributed by atoms with Crippen molar-refractivity contribution in [2.24, 2.45) is 5.92 Å². The molecule has 0 aliphatic carbocycles. The van der Waals surface area contributed by atoms with Crippen LogP contribution in [0.5, 0.6) is 5.75 Å². The van der Waals surface area contributed by atoms with Crippen LogP contribution in [-0.4, -0.2) is 18.4 Å². The Bertz CT molecular complexity index is 1260. The zero-order valence-electron chi connectivity index (χ0n) is 19.2. The molecule has 2 amide bonds. The molecule has 1 aliphatic rings. The number of carbonyl (C=O) groups excluding carboxylic acids is 2. The smallest absolute Gasteiger partial charge is 0.243 e. The summed E-state index contributed by atoms with van der Waals surface area (Å²) in [5.41, 5.74) is 9.71. The van der Waals surface area contributed by atoms with Gasteiger partial charge >= 0.3 is 0 Å². The molecule has 0 aromatic heterocycles. The first-order valence-electron chi connectivity index (χ1n) is 11.0. The number of anilines is 2. The number of hydrogen-bond donors (Lipinski definition) is 2. The number of benzene rings is 3. The molecule has 6 nitrogen and oxygen atoms in total. The van der Waals surface area contributed by atoms with Gasteiger partial charge in [0, 0.05) is 39.3 Å². The maximum absolute atomic E-state index is 12.9. The quantitative estimate of drug-likeness (QED) is 0.348. The van der Waals surface area contributed by atoms with Gasteiger partial charge < -0.3 is 9.64 Å². The average molecular weight is 533 g/mol. The number of rotatable bonds is 7. The van der Waals surface area contributed by atoms with Crippen LogP contribution in [0.25, 0.3) is 0 Å². The second kappa shape index (κ2) is 10.8. The number of nitrogens with zero attached hydrogens (tertiary/aromatic N) is 1. The lowest BCUT2D eigenvalue weighted by molar-refractivity contribution is -0.125. The van der Waals surface area contributed by atoms with Crippen LogP contribution in [0, 0.1) is 19.8 Å². The van der Waals surface area contributed by atoms with Crippen LogP contribution in [0.15, 0.2) is 54.6 Å². The van der Waals surface area contributed by atoms with Crippen LogP contribution in [0.1, 0.15) is 23.1 Å². The van der Waals surface area contributed by atoms with Gasteiger partial charge in [-0.3, -0.25) is 20.4 Å². The largest absolute Gasteiger partial charge is 0.487 e. The Morgan fingerprint density at radius 1 is 1.03 bits per heavy atom. The Morgan fingerprint density at radius 3 is 2.49 bits per heavy atom. The molecule has 182 valence electrons. The summed E-state index contributed by atoms with van der Waals surface area (Å²) in [5.74, 6) is -0.436. The molecule has 1 fully saturated rings. The standard InChI is InChI=1S/C26H24Cl3N3O3/c1-15-6-8-19(10-16(15)2)32-13-17(11-25(32)33)26(34)31-30-23-12-18(27)7-9-24(23)35-14-20-21(28)4-3-5-22(20)29/h3-10,12,17,30H,11,13-14H2,1-2H3,(H,31,34)/t17-/m0/s1. The molecule has 1 aliphatic heterocycles. The third kappa shape index (κ3) is 5.84. The topological polar surface area (TPSA) is 70.7 Å². The molecule has 1 saturated heterocycles. The predicted molar refractivity (Wildman–Crippen MR) is 140 cm³/mol. The van der Waals surface area contributed by atoms with Crippen LogP contribution < -0.4 is 20.5 Å². The fourth-order valence-electron chi connectivity index (χ4n) is 3.80. The number of hydrazine groups is 1. The molecule has 1 atom stereocenters. The number of nitrogens with one attached hydrogen (secondary N) is 2. The summed E-state index contributed by atoms with van der Waals surface area (Å²) < 4.78 is 5.91. The SMILES string of the molecule is Cc1ccc(N2C[C@@H](C(=O)NNc3cc(Cl)ccc3OCc3c(Cl)cccc3Cl)CC2=O)cc1C. The molecule has 1 heterocycles. The van der Waals surface area contributed by atoms with Gasteiger partial charge in [0.25, 0.3) is 0 Å². The van der Waals surface area contributed by atoms with Crippen molar-refractivity contribution in [1.82, 2.24) is 5.43 Å². The van der Waals surface area contributed by atoms with E-state index < -0.39 is 5.92 Å². The molecule has 0 saturated carbocycles. The Morgan fingerprint density at radius 2 is 1.77 bits per heavy atom. The highest BCUT2D eigenvalue weighted by molar-refractivity contribution is 6.36. The van der Waals surface area contributed by atoms with E-state index in [9.17, 15) is 9.59 Å². The van der Waals surface area contributed by atoms with Crippen molar-refractivity contribution in [3.63, 3.8) is 0 Å². The van der Waals surface area contributed by atoms with E-state index >= 15 is 0 Å². The third-order valence-corrected chi connectivity index (χ3v) is 6.94. The monoisotopic (exact) mass is 531 g/mol. The summed E-state index contributed by atoms with van der Waals surface area (Å²) in [6, 6.07) is 16.1. The summed E-state index contributed by atoms with van der Waals surface area (Å²) in [7, 11) is 0. The second-order valence-corrected chi connectivity index (χ2v) is 9.67. The minimum atomic E-state index is -0.498. The summed E-state index contributed by atoms with van der Waals surface area (Å²) in [5, 5.41) is 1.45. The fourth-order valence-corrected chi connectivity index (χ4v) is 4.48. The van der Waals surface area contributed by atoms with E-state index in [1.807, 2.05) is 32.0 Å². The molecule has 0 spiro atoms. The minimum absolute atomic E-state index is 0.0863. The van der Waals surface area contributed by atoms with Gasteiger partial charge in [-0.05, 0) is 67.4 Å². The molecular weight excluding hydrogens is 509 g/mol. The fraction of sp³-hybridized carbons (Fsp3) is 0.231. The molecule has 2 N–H and O–H groups in total. The van der Waals surface area contributed by atoms with E-state index in [0.717, 1.165) is 16.8 Å². The van der Waals surface area contributed by atoms with Crippen LogP contribution in [-0.2, 0) is 16.2 Å². The van der Waals surface area contributed by atoms with Gasteiger partial charge in [0.1, 0.15) is 12.4 Å². The maximum Gasteiger partial charge on any atom is 0.243 e. The van der Waals surface area contributed by atoms with Crippen molar-refractivity contribution >= 4 is 58.0 Å². The summed E-state index contributed by atoms with van der Waals surface area (Å²) in [6.45, 7) is 4.45. The Hall–Kier alpha value is -2.93. The first-order chi connectivity index (χ1) is 16.7. The van der Waals surface area contributed by atoms with Gasteiger partial charge in [0.05, 0.1) is 11.6 Å². The van der Waals surface area contributed by atoms with Crippen molar-refractivity contribution in [2.45, 2.75) is 26.9 Å². The lowest BCUT2D eigenvalue weighted by atomic mass is 10.1. The van der Waals surface area contributed by atoms with E-state index in [-0.39, 0.29) is 24.8 Å². The number of ether oxygens (including phenoxy) is 1. The summed E-state index contributed by atoms with van der Waals surface area (Å²) in [6.07, 6.45) is 0.129. The Balaban J connectivity index is 1.41. The Labute approximate surface area is 219 Å². The van der Waals surface area contributed by atoms with E-state index in [0.29, 0.717) is 38.6 Å². The van der Waals surface area contributed by atoms with Crippen molar-refractivity contribution < 1.29 is 14.3 Å². The van der Waals surface area contributed by atoms with Crippen molar-refractivity contribution in [3.05, 3.63) is 86.4 Å². The van der Waals surface area contributed by atoms with E-state index in [2.05, 4.69) is 10.9 Å². The highest BCUT2D eigenvalue weighted by atomic mass is 35.5. The molecule has 0 radical (unpaired) electrons. The minimum Gasteiger partial charge on any atom is -0.487 e. The highest BCUT2D eigenvalue weighted by Gasteiger charge is 2.35. The Kier molecular flexibility index (Phi) is 7.75. The van der Waals surface area contributed by atoms with Crippen molar-refractivity contribution in [3.8, 4) is 5.75 Å². The molecule has 35 heavy (non-hydrogen) atoms. The lowest BCUT2D eigenvalue weighted by Crippen LogP contribution is -2.36. The van der Waals surface area contributed by atoms with Crippen molar-refractivity contribution in [1.29, 1.82) is 0 Å². The van der Waals surface area contributed by atoms with E-state index in [1.165, 1.54) is 0 Å². The van der Waals surface area contributed by atoms with Gasteiger partial charge in [-0.1, -0.05) is 46.9 Å². The zero-order valence-corrected chi connectivity index (χ0v) is 21.5. The van der Waals surface area contributed by atoms with E-state index in [1.54, 1.807) is 41.3 Å². The summed E-state index contributed by atoms with van der Waals surface area (Å²) >= 11 is 18.6. The number of amides is 2. The van der Waals surface area contributed by atoms with Gasteiger partial charge in [-0.2, -0.15) is 0 Å². The first kappa shape index (κ1) is 25.2. The van der Waals surface area contributed by atoms with Gasteiger partial charge in [0.2, 0.25) is 11.8 Å². The van der Waals surface area contributed by atoms with E-state index in [4.69, 9.17) is 39.5 Å². The van der Waals surface area contributed by atoms with Gasteiger partial charge in [0.15, 0.2) is 0 Å². The van der Waals surface area contributed by atoms with Gasteiger partial charge in [-0.25, -0.2) is 0 Å². The molecule has 3 aromatic rings. The lowest BCUT2D eigenvalue weighted by Gasteiger charge is -2.19. The summed E-state index contributed by atoms with van der Waals surface area (Å²) in [4.78, 5) is 27.1. The highest BCUT2D eigenvalue weighted by Crippen LogP contribution is 2.31. The van der Waals surface area contributed by atoms with Crippen LogP contribution >= 0.6 is 34.8 Å². The first-order valence-corrected chi connectivity index (χ1v) is 12.1. The maximum atomic E-state index is 12.9. The van der Waals surface area contributed by atoms with Crippen LogP contribution in [0.4, 0.5) is 11.4 Å². The van der Waals surface area contributed by atoms with Crippen LogP contribution in [0.3, 0.4) is 0 Å². The second-order valence-electron chi connectivity index (χ2n) is 8.42. The zero-order chi connectivity index (χ0) is 25.1. The average Bonchev–Trinajstić information content (AvgIpc) is 3.21. The molecule has 0 bridgehead atoms. The molecule has 0 unspecified atom stereocenters. The molecule has 4 rings (SSSR count). The number of aryl methyl sites for hydroxylation is 2. The van der Waals surface area contributed by atoms with Gasteiger partial charge in [-0.15, -0.1) is 0 Å². The third-order valence-electron chi connectivity index (χ3n) is 5.99. The number of carbonyl (C=O) groups is 2. The van der Waals surface area contributed by atoms with Crippen LogP contribution in [0.2, 0.25) is 15.1 Å². The molecule has 3 aromatic carbocycles. The molecular formula is C26H24Cl3N3O3. The predicted octanol–water partition coefficient (Wildman–Crippen LogP) is 6.34. The number of hydrogen-bond acceptors (Lipinski definition) is 4. The normalized spacial score (nSPS) is 15.3.